The van der Waals surface area contributed by atoms with Crippen molar-refractivity contribution in [2.75, 3.05) is 0 Å². The predicted molar refractivity (Wildman–Crippen MR) is 363 cm³/mol. The number of fused-ring (bicyclic) bond motifs is 4. The monoisotopic (exact) mass is 1090 g/mol. The van der Waals surface area contributed by atoms with Crippen LogP contribution in [0.15, 0.2) is 315 Å². The first kappa shape index (κ1) is 28.7. The largest absolute Gasteiger partial charge is 0.0636 e. The van der Waals surface area contributed by atoms with Crippen LogP contribution < -0.4 is 0 Å². The molecule has 0 aliphatic carbocycles. The van der Waals surface area contributed by atoms with E-state index in [1.54, 1.807) is 0 Å². The summed E-state index contributed by atoms with van der Waals surface area (Å²) < 4.78 is 236. The molecule has 0 atom stereocenters. The van der Waals surface area contributed by atoms with Gasteiger partial charge in [-0.1, -0.05) is 291 Å². The summed E-state index contributed by atoms with van der Waals surface area (Å²) in [6.07, 6.45) is 0. The summed E-state index contributed by atoms with van der Waals surface area (Å²) in [5.41, 5.74) is 2.65. The first-order valence-corrected chi connectivity index (χ1v) is 27.1. The van der Waals surface area contributed by atoms with Gasteiger partial charge in [0.15, 0.2) is 0 Å². The Bertz CT molecular complexity index is 6840. The molecule has 0 aliphatic heterocycles. The Morgan fingerprint density at radius 2 is 0.619 bits per heavy atom. The highest BCUT2D eigenvalue weighted by molar-refractivity contribution is 6.28. The lowest BCUT2D eigenvalue weighted by Crippen LogP contribution is -1.91. The smallest absolute Gasteiger partial charge is 0.0622 e. The van der Waals surface area contributed by atoms with Gasteiger partial charge in [0.05, 0.1) is 35.6 Å². The van der Waals surface area contributed by atoms with Gasteiger partial charge in [0.1, 0.15) is 0 Å². The van der Waals surface area contributed by atoms with Crippen LogP contribution >= 0.6 is 0 Å². The molecule has 84 heavy (non-hydrogen) atoms. The molecule has 18 rings (SSSR count). The first-order chi connectivity index (χ1) is 52.5. The van der Waals surface area contributed by atoms with Crippen molar-refractivity contribution in [2.45, 2.75) is 0 Å². The lowest BCUT2D eigenvalue weighted by atomic mass is 9.84. The average molecular weight is 1090 g/mol. The molecular formula is C84H52. The standard InChI is InChI=1S/C44H26.C40H26/c1-2-6-27(7-3-1)34-24-35(37-20-16-32-14-12-28-8-4-10-30-18-22-39(37)43(32)41(28)30)26-36(25-34)38-21-17-33-15-13-29-9-5-11-31-19-23-40(38)44(33)42(29)31;1-2-12-31-26-32(25-22-27(31)10-1)28-20-23-30(24-21-28)39-35-15-5-7-17-37(35)40(38-18-8-6-16-36(38)39)34-19-9-13-29-11-3-4-14-33(29)34/h1-26H;1-26H/i1D,2D,3D,4D,5D,6D,7D,8D,9D,10D,11D,12D,13D,14D,15D,16D,17D,18D,19D,20D,21D,22D,23D,24D,25D,26D;. The molecule has 0 fully saturated rings. The minimum atomic E-state index is -1.06. The van der Waals surface area contributed by atoms with Crippen LogP contribution in [0, 0.1) is 0 Å². The van der Waals surface area contributed by atoms with Crippen molar-refractivity contribution in [3.05, 3.63) is 315 Å². The van der Waals surface area contributed by atoms with Crippen molar-refractivity contribution >= 4 is 108 Å². The van der Waals surface area contributed by atoms with Crippen LogP contribution in [0.25, 0.3) is 174 Å². The van der Waals surface area contributed by atoms with Crippen LogP contribution in [0.2, 0.25) is 0 Å². The molecule has 0 amide bonds. The van der Waals surface area contributed by atoms with Crippen LogP contribution in [-0.4, -0.2) is 0 Å². The number of hydrogen-bond donors (Lipinski definition) is 0. The molecule has 0 aliphatic rings. The normalized spacial score (nSPS) is 16.1. The highest BCUT2D eigenvalue weighted by Gasteiger charge is 2.20. The van der Waals surface area contributed by atoms with E-state index in [2.05, 4.69) is 158 Å². The third-order valence-electron chi connectivity index (χ3n) is 15.9. The summed E-state index contributed by atoms with van der Waals surface area (Å²) in [5, 5.41) is 4.99. The molecule has 0 saturated carbocycles. The average Bonchev–Trinajstić information content (AvgIpc) is 0.684. The minimum absolute atomic E-state index is 0.312. The first-order valence-electron chi connectivity index (χ1n) is 40.1. The molecule has 0 aromatic heterocycles. The zero-order valence-electron chi connectivity index (χ0n) is 70.0. The molecule has 0 nitrogen and oxygen atoms in total. The van der Waals surface area contributed by atoms with Gasteiger partial charge in [-0.3, -0.25) is 0 Å². The molecule has 0 bridgehead atoms. The fourth-order valence-corrected chi connectivity index (χ4v) is 12.1. The third-order valence-corrected chi connectivity index (χ3v) is 15.9. The van der Waals surface area contributed by atoms with Crippen LogP contribution in [0.1, 0.15) is 35.6 Å². The highest BCUT2D eigenvalue weighted by atomic mass is 14.2. The fourth-order valence-electron chi connectivity index (χ4n) is 12.1. The summed E-state index contributed by atoms with van der Waals surface area (Å²) in [4.78, 5) is 0. The second-order valence-electron chi connectivity index (χ2n) is 20.5. The summed E-state index contributed by atoms with van der Waals surface area (Å²) >= 11 is 0. The van der Waals surface area contributed by atoms with E-state index in [9.17, 15) is 15.1 Å². The quantitative estimate of drug-likeness (QED) is 0.115. The summed E-state index contributed by atoms with van der Waals surface area (Å²) in [5.74, 6) is 0. The Balaban J connectivity index is 0.000000185. The predicted octanol–water partition coefficient (Wildman–Crippen LogP) is 23.8. The summed E-state index contributed by atoms with van der Waals surface area (Å²) in [6, 6.07) is 35.2. The van der Waals surface area contributed by atoms with Crippen LogP contribution in [0.4, 0.5) is 0 Å². The Morgan fingerprint density at radius 1 is 0.190 bits per heavy atom. The van der Waals surface area contributed by atoms with E-state index in [1.165, 1.54) is 76.5 Å². The number of rotatable bonds is 6. The van der Waals surface area contributed by atoms with Crippen molar-refractivity contribution in [3.63, 3.8) is 0 Å². The minimum Gasteiger partial charge on any atom is -0.0622 e. The van der Waals surface area contributed by atoms with Crippen molar-refractivity contribution in [2.24, 2.45) is 0 Å². The maximum atomic E-state index is 10.0. The lowest BCUT2D eigenvalue weighted by molar-refractivity contribution is 1.59. The molecule has 0 saturated heterocycles. The number of hydrogen-bond acceptors (Lipinski definition) is 0. The van der Waals surface area contributed by atoms with Crippen LogP contribution in [0.3, 0.4) is 0 Å². The second-order valence-corrected chi connectivity index (χ2v) is 20.5. The zero-order valence-corrected chi connectivity index (χ0v) is 44.0. The van der Waals surface area contributed by atoms with E-state index >= 15 is 0 Å². The second kappa shape index (κ2) is 19.4. The molecule has 0 heteroatoms. The van der Waals surface area contributed by atoms with Gasteiger partial charge in [-0.2, -0.15) is 0 Å². The fraction of sp³-hybridized carbons (Fsp3) is 0. The van der Waals surface area contributed by atoms with Crippen molar-refractivity contribution in [1.29, 1.82) is 0 Å². The maximum Gasteiger partial charge on any atom is 0.0636 e. The Morgan fingerprint density at radius 3 is 1.19 bits per heavy atom. The van der Waals surface area contributed by atoms with E-state index < -0.39 is 234 Å². The summed E-state index contributed by atoms with van der Waals surface area (Å²) in [6.45, 7) is 0. The molecule has 0 unspecified atom stereocenters. The lowest BCUT2D eigenvalue weighted by Gasteiger charge is -2.19. The van der Waals surface area contributed by atoms with Gasteiger partial charge in [0.25, 0.3) is 0 Å². The van der Waals surface area contributed by atoms with Crippen molar-refractivity contribution in [1.82, 2.24) is 0 Å². The molecule has 18 aromatic carbocycles. The molecule has 0 spiro atoms. The third kappa shape index (κ3) is 7.76. The Labute approximate surface area is 523 Å². The van der Waals surface area contributed by atoms with Gasteiger partial charge in [-0.25, -0.2) is 0 Å². The van der Waals surface area contributed by atoms with Gasteiger partial charge < -0.3 is 0 Å². The molecule has 0 N–H and O–H groups in total. The van der Waals surface area contributed by atoms with Gasteiger partial charge in [0.2, 0.25) is 0 Å². The van der Waals surface area contributed by atoms with Crippen molar-refractivity contribution in [3.8, 4) is 66.8 Å². The highest BCUT2D eigenvalue weighted by Crippen LogP contribution is 2.47. The van der Waals surface area contributed by atoms with E-state index in [0.717, 1.165) is 0 Å². The van der Waals surface area contributed by atoms with Gasteiger partial charge in [-0.15, -0.1) is 0 Å². The van der Waals surface area contributed by atoms with E-state index in [-0.39, 0.29) is 21.5 Å². The van der Waals surface area contributed by atoms with Crippen LogP contribution in [-0.2, 0) is 0 Å². The molecule has 18 aromatic rings. The zero-order chi connectivity index (χ0) is 77.9. The van der Waals surface area contributed by atoms with Gasteiger partial charge in [-0.05, 0) is 199 Å². The van der Waals surface area contributed by atoms with Crippen molar-refractivity contribution < 1.29 is 35.6 Å². The van der Waals surface area contributed by atoms with Gasteiger partial charge in [0, 0.05) is 0 Å². The Kier molecular flexibility index (Phi) is 6.61. The van der Waals surface area contributed by atoms with E-state index in [0.29, 0.717) is 0 Å². The number of benzene rings is 18. The summed E-state index contributed by atoms with van der Waals surface area (Å²) in [7, 11) is 0. The topological polar surface area (TPSA) is 0 Å². The van der Waals surface area contributed by atoms with Crippen LogP contribution in [0.5, 0.6) is 0 Å². The molecule has 0 heterocycles. The van der Waals surface area contributed by atoms with Gasteiger partial charge >= 0.3 is 0 Å². The molecular weight excluding hydrogens is 1010 g/mol. The van der Waals surface area contributed by atoms with E-state index in [4.69, 9.17) is 20.6 Å². The Hall–Kier alpha value is -10.9. The maximum absolute atomic E-state index is 10.0. The SMILES string of the molecule is [2H]c1c([2H])c([2H])c(-c2c([2H])c(-c3c([2H])c([2H])c4c([2H])c([2H])c5c([2H])c([2H])c([2H])c6c([2H])c([2H])c3c4c56)c([2H])c(-c3c([2H])c([2H])c4c([2H])c([2H])c5c([2H])c([2H])c([2H])c6c([2H])c([2H])c3c4c56)c2[2H])c([2H])c1[2H].c1ccc2cc(-c3ccc(-c4c5ccccc5c(-c5cccc6ccccc56)c5ccccc45)cc3)ccc2c1. The molecule has 388 valence electrons. The molecule has 0 radical (unpaired) electrons. The van der Waals surface area contributed by atoms with E-state index in [1.807, 2.05) is 0 Å².